The van der Waals surface area contributed by atoms with Crippen LogP contribution in [0.25, 0.3) is 0 Å². The summed E-state index contributed by atoms with van der Waals surface area (Å²) in [5.74, 6) is 4.78. The first kappa shape index (κ1) is 28.8. The van der Waals surface area contributed by atoms with Gasteiger partial charge in [-0.05, 0) is 97.7 Å². The Hall–Kier alpha value is 1.25. The van der Waals surface area contributed by atoms with Crippen LogP contribution in [0.3, 0.4) is 0 Å². The quantitative estimate of drug-likeness (QED) is 0.228. The Balaban J connectivity index is 0.00000306. The van der Waals surface area contributed by atoms with Gasteiger partial charge in [0.05, 0.1) is 6.10 Å². The normalized spacial score (nSPS) is 41.4. The molecule has 3 saturated carbocycles. The van der Waals surface area contributed by atoms with Crippen LogP contribution in [0.1, 0.15) is 105 Å². The van der Waals surface area contributed by atoms with E-state index >= 15 is 0 Å². The zero-order valence-electron chi connectivity index (χ0n) is 21.9. The summed E-state index contributed by atoms with van der Waals surface area (Å²) in [6, 6.07) is 0. The molecule has 4 aliphatic carbocycles. The van der Waals surface area contributed by atoms with Crippen molar-refractivity contribution in [1.29, 1.82) is 0 Å². The van der Waals surface area contributed by atoms with Gasteiger partial charge in [-0.1, -0.05) is 65.5 Å². The van der Waals surface area contributed by atoms with E-state index in [0.29, 0.717) is 24.2 Å². The summed E-state index contributed by atoms with van der Waals surface area (Å²) < 4.78 is 38.2. The average molecular weight is 505 g/mol. The van der Waals surface area contributed by atoms with Crippen LogP contribution >= 0.6 is 0 Å². The molecule has 4 rings (SSSR count). The Labute approximate surface area is 245 Å². The minimum atomic E-state index is -4.63. The molecule has 0 saturated heterocycles. The zero-order valence-corrected chi connectivity index (χ0v) is 25.9. The van der Waals surface area contributed by atoms with Crippen LogP contribution < -0.4 is 51.4 Å². The van der Waals surface area contributed by atoms with Crippen LogP contribution in [0.5, 0.6) is 0 Å². The Kier molecular flexibility index (Phi) is 9.54. The van der Waals surface area contributed by atoms with E-state index in [9.17, 15) is 13.0 Å². The summed E-state index contributed by atoms with van der Waals surface area (Å²) in [7, 11) is -4.63. The maximum Gasteiger partial charge on any atom is 1.00 e. The Morgan fingerprint density at radius 1 is 1.06 bits per heavy atom. The molecule has 3 fully saturated rings. The maximum atomic E-state index is 11.1. The van der Waals surface area contributed by atoms with Crippen LogP contribution in [-0.4, -0.2) is 19.1 Å². The number of allylic oxidation sites excluding steroid dienone is 1. The monoisotopic (exact) mass is 504 g/mol. The predicted molar refractivity (Wildman–Crippen MR) is 128 cm³/mol. The van der Waals surface area contributed by atoms with Gasteiger partial charge in [-0.2, -0.15) is 0 Å². The first-order valence-corrected chi connectivity index (χ1v) is 14.6. The molecule has 0 bridgehead atoms. The number of hydrogen-bond donors (Lipinski definition) is 0. The van der Waals surface area contributed by atoms with Crippen LogP contribution in [-0.2, 0) is 14.6 Å². The van der Waals surface area contributed by atoms with Crippen molar-refractivity contribution in [2.75, 3.05) is 0 Å². The van der Waals surface area contributed by atoms with Gasteiger partial charge in [0.1, 0.15) is 0 Å². The molecule has 6 heteroatoms. The molecule has 0 heterocycles. The van der Waals surface area contributed by atoms with Gasteiger partial charge in [-0.25, -0.2) is 8.42 Å². The van der Waals surface area contributed by atoms with Gasteiger partial charge in [0, 0.05) is 0 Å². The number of fused-ring (bicyclic) bond motifs is 5. The van der Waals surface area contributed by atoms with E-state index in [1.54, 1.807) is 0 Å². The first-order valence-electron chi connectivity index (χ1n) is 13.3. The smallest absolute Gasteiger partial charge is 0.726 e. The van der Waals surface area contributed by atoms with Crippen molar-refractivity contribution in [1.82, 2.24) is 0 Å². The van der Waals surface area contributed by atoms with E-state index < -0.39 is 16.5 Å². The minimum Gasteiger partial charge on any atom is -0.726 e. The molecule has 33 heavy (non-hydrogen) atoms. The van der Waals surface area contributed by atoms with Crippen LogP contribution in [0.15, 0.2) is 11.6 Å². The second-order valence-electron chi connectivity index (χ2n) is 12.7. The van der Waals surface area contributed by atoms with Gasteiger partial charge in [-0.15, -0.1) is 0 Å². The fourth-order valence-electron chi connectivity index (χ4n) is 8.90. The molecular formula is C27H45KO4S. The molecule has 0 aliphatic heterocycles. The average Bonchev–Trinajstić information content (AvgIpc) is 3.04. The Bertz CT molecular complexity index is 824. The topological polar surface area (TPSA) is 66.4 Å². The maximum absolute atomic E-state index is 11.1. The molecule has 184 valence electrons. The van der Waals surface area contributed by atoms with Gasteiger partial charge in [0.15, 0.2) is 0 Å². The predicted octanol–water partition coefficient (Wildman–Crippen LogP) is 3.88. The van der Waals surface area contributed by atoms with Gasteiger partial charge in [0.25, 0.3) is 0 Å². The second-order valence-corrected chi connectivity index (χ2v) is 13.7. The molecule has 0 amide bonds. The van der Waals surface area contributed by atoms with Gasteiger partial charge >= 0.3 is 51.4 Å². The molecule has 4 nitrogen and oxygen atoms in total. The molecule has 0 N–H and O–H groups in total. The van der Waals surface area contributed by atoms with Crippen LogP contribution in [0, 0.1) is 46.3 Å². The van der Waals surface area contributed by atoms with Crippen molar-refractivity contribution in [2.24, 2.45) is 46.3 Å². The van der Waals surface area contributed by atoms with Crippen molar-refractivity contribution in [3.8, 4) is 0 Å². The van der Waals surface area contributed by atoms with Gasteiger partial charge in [-0.3, -0.25) is 4.18 Å². The van der Waals surface area contributed by atoms with Crippen molar-refractivity contribution >= 4 is 10.4 Å². The zero-order chi connectivity index (χ0) is 23.3. The molecular weight excluding hydrogens is 459 g/mol. The summed E-state index contributed by atoms with van der Waals surface area (Å²) >= 11 is 0. The standard InChI is InChI=1S/C27H46O4S.K/c1-18(2)7-6-8-19(3)23-11-12-24-22-10-9-20-17-21(31-32(28,29)30)13-15-26(20,4)25(22)14-16-27(23,24)5;/h9,18-19,21-25H,6-8,10-17H2,1-5H3,(H,28,29,30);/q;+1/p-1/t19?,21-,22-,23+,24-,25-,26-,27+;/m0./s1. The van der Waals surface area contributed by atoms with Crippen molar-refractivity contribution in [3.05, 3.63) is 11.6 Å². The molecule has 0 aromatic rings. The van der Waals surface area contributed by atoms with Crippen molar-refractivity contribution in [2.45, 2.75) is 111 Å². The first-order chi connectivity index (χ1) is 14.9. The Morgan fingerprint density at radius 2 is 1.79 bits per heavy atom. The molecule has 0 aromatic carbocycles. The summed E-state index contributed by atoms with van der Waals surface area (Å²) in [5, 5.41) is 0. The van der Waals surface area contributed by atoms with E-state index in [2.05, 4.69) is 40.7 Å². The summed E-state index contributed by atoms with van der Waals surface area (Å²) in [4.78, 5) is 0. The summed E-state index contributed by atoms with van der Waals surface area (Å²) in [6.07, 6.45) is 14.8. The van der Waals surface area contributed by atoms with E-state index in [4.69, 9.17) is 4.18 Å². The van der Waals surface area contributed by atoms with Crippen molar-refractivity contribution < 1.29 is 68.5 Å². The molecule has 0 aromatic heterocycles. The fourth-order valence-corrected chi connectivity index (χ4v) is 9.40. The number of rotatable bonds is 7. The number of hydrogen-bond acceptors (Lipinski definition) is 4. The van der Waals surface area contributed by atoms with E-state index in [1.807, 2.05) is 0 Å². The molecule has 0 spiro atoms. The Morgan fingerprint density at radius 3 is 2.45 bits per heavy atom. The van der Waals surface area contributed by atoms with Gasteiger partial charge < -0.3 is 4.55 Å². The summed E-state index contributed by atoms with van der Waals surface area (Å²) in [6.45, 7) is 12.2. The minimum absolute atomic E-state index is 0. The van der Waals surface area contributed by atoms with E-state index in [-0.39, 0.29) is 56.8 Å². The fraction of sp³-hybridized carbons (Fsp3) is 0.926. The van der Waals surface area contributed by atoms with Crippen LogP contribution in [0.2, 0.25) is 0 Å². The molecule has 0 radical (unpaired) electrons. The molecule has 1 unspecified atom stereocenters. The van der Waals surface area contributed by atoms with Gasteiger partial charge in [0.2, 0.25) is 10.4 Å². The third-order valence-corrected chi connectivity index (χ3v) is 11.0. The molecule has 8 atom stereocenters. The SMILES string of the molecule is CC(C)CCCC(C)[C@H]1CC[C@H]2[C@@H]3CC=C4C[C@@H](OS(=O)(=O)[O-])CC[C@]4(C)[C@H]3CC[C@]12C.[K+]. The third-order valence-electron chi connectivity index (χ3n) is 10.5. The molecule has 4 aliphatic rings. The third kappa shape index (κ3) is 5.89. The second kappa shape index (κ2) is 10.9. The van der Waals surface area contributed by atoms with Crippen LogP contribution in [0.4, 0.5) is 0 Å². The summed E-state index contributed by atoms with van der Waals surface area (Å²) in [5.41, 5.74) is 1.99. The van der Waals surface area contributed by atoms with E-state index in [0.717, 1.165) is 42.4 Å². The van der Waals surface area contributed by atoms with Crippen molar-refractivity contribution in [3.63, 3.8) is 0 Å². The van der Waals surface area contributed by atoms with E-state index in [1.165, 1.54) is 50.5 Å². The largest absolute Gasteiger partial charge is 1.00 e.